The van der Waals surface area contributed by atoms with Crippen LogP contribution < -0.4 is 15.2 Å². The van der Waals surface area contributed by atoms with Crippen molar-refractivity contribution in [2.45, 2.75) is 18.3 Å². The molecule has 3 N–H and O–H groups in total. The third kappa shape index (κ3) is 4.38. The fraction of sp³-hybridized carbons (Fsp3) is 0.250. The van der Waals surface area contributed by atoms with E-state index in [0.717, 1.165) is 10.9 Å². The molecular formula is C20H17F5IN3O3. The standard InChI is InChI=1S/C20H17F5IN3O3/c1-31-11-5-3-9(26)14(16(11)21)19(30)18(27)15-10(4-6-12(32-2)17(15)22)29-8-7-13(28-29)20(23,24)25/h3-8,18-19,30H,27H2,1-2H3. The number of nitrogens with two attached hydrogens (primary N) is 1. The summed E-state index contributed by atoms with van der Waals surface area (Å²) in [6.45, 7) is 0. The van der Waals surface area contributed by atoms with Crippen LogP contribution >= 0.6 is 22.6 Å². The van der Waals surface area contributed by atoms with E-state index in [0.29, 0.717) is 6.07 Å². The number of aliphatic hydroxyl groups excluding tert-OH is 1. The molecule has 3 aromatic rings. The largest absolute Gasteiger partial charge is 0.494 e. The van der Waals surface area contributed by atoms with Crippen molar-refractivity contribution in [3.05, 3.63) is 68.6 Å². The van der Waals surface area contributed by atoms with Crippen LogP contribution in [-0.2, 0) is 6.18 Å². The van der Waals surface area contributed by atoms with E-state index in [4.69, 9.17) is 15.2 Å². The summed E-state index contributed by atoms with van der Waals surface area (Å²) in [6, 6.07) is 4.34. The maximum absolute atomic E-state index is 15.2. The first-order valence-corrected chi connectivity index (χ1v) is 10.0. The van der Waals surface area contributed by atoms with E-state index >= 15 is 4.39 Å². The summed E-state index contributed by atoms with van der Waals surface area (Å²) >= 11 is 1.77. The normalized spacial score (nSPS) is 13.7. The van der Waals surface area contributed by atoms with Crippen LogP contribution in [0.3, 0.4) is 0 Å². The molecule has 0 amide bonds. The summed E-state index contributed by atoms with van der Waals surface area (Å²) < 4.78 is 80.0. The topological polar surface area (TPSA) is 82.5 Å². The lowest BCUT2D eigenvalue weighted by Gasteiger charge is -2.25. The molecule has 0 fully saturated rings. The van der Waals surface area contributed by atoms with Crippen molar-refractivity contribution in [1.82, 2.24) is 9.78 Å². The van der Waals surface area contributed by atoms with Gasteiger partial charge in [-0.15, -0.1) is 0 Å². The minimum atomic E-state index is -4.72. The number of rotatable bonds is 6. The molecule has 0 aliphatic heterocycles. The zero-order valence-electron chi connectivity index (χ0n) is 16.6. The van der Waals surface area contributed by atoms with Gasteiger partial charge in [0.1, 0.15) is 6.10 Å². The van der Waals surface area contributed by atoms with Gasteiger partial charge < -0.3 is 20.3 Å². The van der Waals surface area contributed by atoms with Gasteiger partial charge in [-0.3, -0.25) is 0 Å². The van der Waals surface area contributed by atoms with Crippen LogP contribution in [0.25, 0.3) is 5.69 Å². The molecule has 2 aromatic carbocycles. The molecule has 6 nitrogen and oxygen atoms in total. The summed E-state index contributed by atoms with van der Waals surface area (Å²) in [5.41, 5.74) is 4.09. The minimum absolute atomic E-state index is 0.167. The van der Waals surface area contributed by atoms with E-state index in [2.05, 4.69) is 5.10 Å². The van der Waals surface area contributed by atoms with Gasteiger partial charge in [-0.05, 0) is 52.9 Å². The molecule has 2 atom stereocenters. The van der Waals surface area contributed by atoms with Gasteiger partial charge in [-0.25, -0.2) is 13.5 Å². The van der Waals surface area contributed by atoms with Gasteiger partial charge in [-0.2, -0.15) is 18.3 Å². The molecule has 0 saturated heterocycles. The predicted molar refractivity (Wildman–Crippen MR) is 113 cm³/mol. The SMILES string of the molecule is COc1ccc(-n2ccc(C(F)(F)F)n2)c(C(N)C(O)c2c(I)ccc(OC)c2F)c1F. The van der Waals surface area contributed by atoms with E-state index in [1.807, 2.05) is 0 Å². The van der Waals surface area contributed by atoms with Crippen LogP contribution in [0.2, 0.25) is 0 Å². The number of halogens is 6. The van der Waals surface area contributed by atoms with Gasteiger partial charge in [0.2, 0.25) is 0 Å². The van der Waals surface area contributed by atoms with Gasteiger partial charge in [0.05, 0.1) is 25.9 Å². The van der Waals surface area contributed by atoms with E-state index in [-0.39, 0.29) is 26.3 Å². The highest BCUT2D eigenvalue weighted by molar-refractivity contribution is 14.1. The number of benzene rings is 2. The average Bonchev–Trinajstić information content (AvgIpc) is 3.24. The number of alkyl halides is 3. The highest BCUT2D eigenvalue weighted by atomic mass is 127. The lowest BCUT2D eigenvalue weighted by molar-refractivity contribution is -0.141. The molecule has 3 rings (SSSR count). The van der Waals surface area contributed by atoms with Crippen molar-refractivity contribution in [1.29, 1.82) is 0 Å². The van der Waals surface area contributed by atoms with Crippen molar-refractivity contribution in [2.24, 2.45) is 5.73 Å². The molecule has 172 valence electrons. The highest BCUT2D eigenvalue weighted by Crippen LogP contribution is 2.40. The van der Waals surface area contributed by atoms with E-state index in [9.17, 15) is 22.7 Å². The van der Waals surface area contributed by atoms with Gasteiger partial charge in [0, 0.05) is 20.9 Å². The molecule has 2 unspecified atom stereocenters. The molecule has 12 heteroatoms. The fourth-order valence-electron chi connectivity index (χ4n) is 3.16. The Balaban J connectivity index is 2.17. The molecule has 32 heavy (non-hydrogen) atoms. The Bertz CT molecular complexity index is 1140. The molecule has 0 radical (unpaired) electrons. The molecular weight excluding hydrogens is 552 g/mol. The first-order valence-electron chi connectivity index (χ1n) is 8.96. The predicted octanol–water partition coefficient (Wildman–Crippen LogP) is 4.52. The number of methoxy groups -OCH3 is 2. The second-order valence-electron chi connectivity index (χ2n) is 6.61. The number of aliphatic hydroxyl groups is 1. The minimum Gasteiger partial charge on any atom is -0.494 e. The second-order valence-corrected chi connectivity index (χ2v) is 7.77. The number of ether oxygens (including phenoxy) is 2. The van der Waals surface area contributed by atoms with Gasteiger partial charge >= 0.3 is 6.18 Å². The van der Waals surface area contributed by atoms with Crippen molar-refractivity contribution in [2.75, 3.05) is 14.2 Å². The zero-order chi connectivity index (χ0) is 23.8. The van der Waals surface area contributed by atoms with Crippen LogP contribution in [0, 0.1) is 15.2 Å². The maximum Gasteiger partial charge on any atom is 0.435 e. The monoisotopic (exact) mass is 569 g/mol. The van der Waals surface area contributed by atoms with Crippen molar-refractivity contribution >= 4 is 22.6 Å². The lowest BCUT2D eigenvalue weighted by atomic mass is 9.94. The lowest BCUT2D eigenvalue weighted by Crippen LogP contribution is -2.25. The Morgan fingerprint density at radius 1 is 1.00 bits per heavy atom. The van der Waals surface area contributed by atoms with Crippen LogP contribution in [-0.4, -0.2) is 29.1 Å². The Kier molecular flexibility index (Phi) is 6.95. The maximum atomic E-state index is 15.2. The quantitative estimate of drug-likeness (QED) is 0.337. The van der Waals surface area contributed by atoms with Crippen molar-refractivity contribution in [3.63, 3.8) is 0 Å². The van der Waals surface area contributed by atoms with Crippen molar-refractivity contribution in [3.8, 4) is 17.2 Å². The van der Waals surface area contributed by atoms with E-state index in [1.54, 1.807) is 22.6 Å². The third-order valence-electron chi connectivity index (χ3n) is 4.75. The van der Waals surface area contributed by atoms with Crippen molar-refractivity contribution < 1.29 is 36.5 Å². The summed E-state index contributed by atoms with van der Waals surface area (Å²) in [5, 5.41) is 14.3. The summed E-state index contributed by atoms with van der Waals surface area (Å²) in [4.78, 5) is 0. The average molecular weight is 569 g/mol. The number of aromatic nitrogens is 2. The Morgan fingerprint density at radius 3 is 2.09 bits per heavy atom. The van der Waals surface area contributed by atoms with Crippen LogP contribution in [0.5, 0.6) is 11.5 Å². The zero-order valence-corrected chi connectivity index (χ0v) is 18.8. The molecule has 1 aromatic heterocycles. The molecule has 0 bridgehead atoms. The number of hydrogen-bond donors (Lipinski definition) is 2. The van der Waals surface area contributed by atoms with Crippen LogP contribution in [0.15, 0.2) is 36.5 Å². The summed E-state index contributed by atoms with van der Waals surface area (Å²) in [5.74, 6) is -2.36. The number of nitrogens with zero attached hydrogens (tertiary/aromatic N) is 2. The first-order chi connectivity index (χ1) is 15.0. The molecule has 0 aliphatic carbocycles. The third-order valence-corrected chi connectivity index (χ3v) is 5.69. The van der Waals surface area contributed by atoms with E-state index < -0.39 is 41.2 Å². The second kappa shape index (κ2) is 9.19. The Morgan fingerprint density at radius 2 is 1.56 bits per heavy atom. The highest BCUT2D eigenvalue weighted by Gasteiger charge is 2.35. The number of hydrogen-bond acceptors (Lipinski definition) is 5. The van der Waals surface area contributed by atoms with Gasteiger partial charge in [0.25, 0.3) is 0 Å². The Hall–Kier alpha value is -2.45. The smallest absolute Gasteiger partial charge is 0.435 e. The summed E-state index contributed by atoms with van der Waals surface area (Å²) in [6.07, 6.45) is -5.53. The van der Waals surface area contributed by atoms with E-state index in [1.165, 1.54) is 38.5 Å². The fourth-order valence-corrected chi connectivity index (χ4v) is 3.90. The molecule has 0 saturated carbocycles. The first kappa shape index (κ1) is 24.2. The van der Waals surface area contributed by atoms with Crippen LogP contribution in [0.4, 0.5) is 22.0 Å². The molecule has 0 aliphatic rings. The molecule has 1 heterocycles. The van der Waals surface area contributed by atoms with Gasteiger partial charge in [-0.1, -0.05) is 0 Å². The molecule has 0 spiro atoms. The van der Waals surface area contributed by atoms with Gasteiger partial charge in [0.15, 0.2) is 28.8 Å². The Labute approximate surface area is 192 Å². The van der Waals surface area contributed by atoms with Crippen LogP contribution in [0.1, 0.15) is 29.0 Å². The summed E-state index contributed by atoms with van der Waals surface area (Å²) in [7, 11) is 2.42.